The van der Waals surface area contributed by atoms with Gasteiger partial charge in [-0.05, 0) is 30.2 Å². The molecule has 1 heteroatoms. The molecule has 0 aliphatic carbocycles. The van der Waals surface area contributed by atoms with Gasteiger partial charge in [0.1, 0.15) is 0 Å². The second-order valence-electron chi connectivity index (χ2n) is 5.12. The Morgan fingerprint density at radius 1 is 1.00 bits per heavy atom. The average Bonchev–Trinajstić information content (AvgIpc) is 2.37. The minimum absolute atomic E-state index is 0.157. The van der Waals surface area contributed by atoms with Gasteiger partial charge in [-0.25, -0.2) is 0 Å². The first-order chi connectivity index (χ1) is 8.17. The van der Waals surface area contributed by atoms with Crippen LogP contribution in [0.4, 0.5) is 0 Å². The van der Waals surface area contributed by atoms with Crippen LogP contribution in [0.5, 0.6) is 0 Å². The van der Waals surface area contributed by atoms with Crippen molar-refractivity contribution < 1.29 is 5.11 Å². The topological polar surface area (TPSA) is 20.2 Å². The Labute approximate surface area is 106 Å². The van der Waals surface area contributed by atoms with Crippen molar-refractivity contribution in [3.05, 3.63) is 35.9 Å². The average molecular weight is 234 g/mol. The summed E-state index contributed by atoms with van der Waals surface area (Å²) in [5.74, 6) is 1.12. The number of rotatable bonds is 7. The molecule has 0 saturated carbocycles. The summed E-state index contributed by atoms with van der Waals surface area (Å²) in [5, 5.41) is 10.1. The number of benzene rings is 1. The fraction of sp³-hybridized carbons (Fsp3) is 0.625. The second-order valence-corrected chi connectivity index (χ2v) is 5.12. The molecule has 17 heavy (non-hydrogen) atoms. The molecule has 1 aromatic carbocycles. The van der Waals surface area contributed by atoms with E-state index in [1.54, 1.807) is 0 Å². The van der Waals surface area contributed by atoms with Crippen molar-refractivity contribution in [2.24, 2.45) is 5.92 Å². The van der Waals surface area contributed by atoms with Crippen LogP contribution in [0.3, 0.4) is 0 Å². The quantitative estimate of drug-likeness (QED) is 0.743. The lowest BCUT2D eigenvalue weighted by Crippen LogP contribution is -2.15. The SMILES string of the molecule is CCC(CC)CC(O)CC(C)c1ccccc1. The van der Waals surface area contributed by atoms with Crippen molar-refractivity contribution >= 4 is 0 Å². The van der Waals surface area contributed by atoms with Gasteiger partial charge in [0.25, 0.3) is 0 Å². The van der Waals surface area contributed by atoms with E-state index in [1.165, 1.54) is 18.4 Å². The number of hydrogen-bond acceptors (Lipinski definition) is 1. The third-order valence-electron chi connectivity index (χ3n) is 3.75. The normalized spacial score (nSPS) is 14.9. The summed E-state index contributed by atoms with van der Waals surface area (Å²) in [4.78, 5) is 0. The molecule has 0 aliphatic heterocycles. The van der Waals surface area contributed by atoms with Gasteiger partial charge in [0.15, 0.2) is 0 Å². The van der Waals surface area contributed by atoms with E-state index in [-0.39, 0.29) is 6.10 Å². The zero-order valence-corrected chi connectivity index (χ0v) is 11.4. The molecule has 1 aromatic rings. The Kier molecular flexibility index (Phi) is 6.28. The van der Waals surface area contributed by atoms with Gasteiger partial charge in [-0.1, -0.05) is 63.9 Å². The van der Waals surface area contributed by atoms with Crippen LogP contribution < -0.4 is 0 Å². The highest BCUT2D eigenvalue weighted by Gasteiger charge is 2.15. The standard InChI is InChI=1S/C16H26O/c1-4-14(5-2)12-16(17)11-13(3)15-9-7-6-8-10-15/h6-10,13-14,16-17H,4-5,11-12H2,1-3H3. The summed E-state index contributed by atoms with van der Waals surface area (Å²) in [7, 11) is 0. The first-order valence-corrected chi connectivity index (χ1v) is 6.90. The minimum atomic E-state index is -0.157. The molecule has 2 unspecified atom stereocenters. The summed E-state index contributed by atoms with van der Waals surface area (Å²) in [6, 6.07) is 10.5. The maximum atomic E-state index is 10.1. The third-order valence-corrected chi connectivity index (χ3v) is 3.75. The number of hydrogen-bond donors (Lipinski definition) is 1. The first-order valence-electron chi connectivity index (χ1n) is 6.90. The molecule has 1 rings (SSSR count). The molecule has 0 spiro atoms. The Balaban J connectivity index is 2.43. The number of aliphatic hydroxyl groups is 1. The maximum absolute atomic E-state index is 10.1. The fourth-order valence-electron chi connectivity index (χ4n) is 2.43. The van der Waals surface area contributed by atoms with Crippen molar-refractivity contribution in [3.63, 3.8) is 0 Å². The summed E-state index contributed by atoms with van der Waals surface area (Å²) in [5.41, 5.74) is 1.33. The van der Waals surface area contributed by atoms with Gasteiger partial charge < -0.3 is 5.11 Å². The molecule has 0 aromatic heterocycles. The van der Waals surface area contributed by atoms with Crippen LogP contribution >= 0.6 is 0 Å². The van der Waals surface area contributed by atoms with E-state index in [2.05, 4.69) is 45.0 Å². The van der Waals surface area contributed by atoms with Gasteiger partial charge >= 0.3 is 0 Å². The Bertz CT molecular complexity index is 290. The Morgan fingerprint density at radius 2 is 1.59 bits per heavy atom. The van der Waals surface area contributed by atoms with Crippen LogP contribution in [0.2, 0.25) is 0 Å². The van der Waals surface area contributed by atoms with Gasteiger partial charge in [-0.3, -0.25) is 0 Å². The molecular weight excluding hydrogens is 208 g/mol. The molecule has 0 bridgehead atoms. The molecule has 96 valence electrons. The van der Waals surface area contributed by atoms with E-state index in [4.69, 9.17) is 0 Å². The van der Waals surface area contributed by atoms with Crippen LogP contribution in [-0.4, -0.2) is 11.2 Å². The van der Waals surface area contributed by atoms with Crippen molar-refractivity contribution in [2.75, 3.05) is 0 Å². The van der Waals surface area contributed by atoms with Crippen LogP contribution in [0, 0.1) is 5.92 Å². The molecule has 0 amide bonds. The van der Waals surface area contributed by atoms with E-state index in [0.29, 0.717) is 11.8 Å². The minimum Gasteiger partial charge on any atom is -0.393 e. The van der Waals surface area contributed by atoms with E-state index >= 15 is 0 Å². The van der Waals surface area contributed by atoms with E-state index in [0.717, 1.165) is 12.8 Å². The summed E-state index contributed by atoms with van der Waals surface area (Å²) < 4.78 is 0. The smallest absolute Gasteiger partial charge is 0.0548 e. The van der Waals surface area contributed by atoms with Gasteiger partial charge in [-0.15, -0.1) is 0 Å². The van der Waals surface area contributed by atoms with Crippen LogP contribution in [0.15, 0.2) is 30.3 Å². The van der Waals surface area contributed by atoms with Crippen molar-refractivity contribution in [2.45, 2.75) is 58.5 Å². The van der Waals surface area contributed by atoms with Crippen molar-refractivity contribution in [1.82, 2.24) is 0 Å². The van der Waals surface area contributed by atoms with Crippen molar-refractivity contribution in [3.8, 4) is 0 Å². The van der Waals surface area contributed by atoms with E-state index in [1.807, 2.05) is 6.07 Å². The van der Waals surface area contributed by atoms with Crippen molar-refractivity contribution in [1.29, 1.82) is 0 Å². The molecular formula is C16H26O. The highest BCUT2D eigenvalue weighted by molar-refractivity contribution is 5.18. The molecule has 0 saturated heterocycles. The third kappa shape index (κ3) is 4.91. The summed E-state index contributed by atoms with van der Waals surface area (Å²) >= 11 is 0. The monoisotopic (exact) mass is 234 g/mol. The fourth-order valence-corrected chi connectivity index (χ4v) is 2.43. The molecule has 2 atom stereocenters. The predicted molar refractivity (Wildman–Crippen MR) is 74.2 cm³/mol. The molecule has 0 radical (unpaired) electrons. The lowest BCUT2D eigenvalue weighted by molar-refractivity contribution is 0.124. The van der Waals surface area contributed by atoms with E-state index in [9.17, 15) is 5.11 Å². The molecule has 0 heterocycles. The van der Waals surface area contributed by atoms with Gasteiger partial charge in [0.2, 0.25) is 0 Å². The van der Waals surface area contributed by atoms with Crippen LogP contribution in [-0.2, 0) is 0 Å². The molecule has 0 aliphatic rings. The summed E-state index contributed by atoms with van der Waals surface area (Å²) in [6.45, 7) is 6.62. The predicted octanol–water partition coefficient (Wildman–Crippen LogP) is 4.37. The first kappa shape index (κ1) is 14.2. The second kappa shape index (κ2) is 7.50. The molecule has 1 nitrogen and oxygen atoms in total. The van der Waals surface area contributed by atoms with Crippen LogP contribution in [0.1, 0.15) is 57.9 Å². The highest BCUT2D eigenvalue weighted by Crippen LogP contribution is 2.24. The molecule has 0 fully saturated rings. The zero-order chi connectivity index (χ0) is 12.7. The highest BCUT2D eigenvalue weighted by atomic mass is 16.3. The van der Waals surface area contributed by atoms with Gasteiger partial charge in [0, 0.05) is 0 Å². The Hall–Kier alpha value is -0.820. The molecule has 1 N–H and O–H groups in total. The number of aliphatic hydroxyl groups excluding tert-OH is 1. The van der Waals surface area contributed by atoms with E-state index < -0.39 is 0 Å². The van der Waals surface area contributed by atoms with Crippen LogP contribution in [0.25, 0.3) is 0 Å². The van der Waals surface area contributed by atoms with Gasteiger partial charge in [-0.2, -0.15) is 0 Å². The van der Waals surface area contributed by atoms with Gasteiger partial charge in [0.05, 0.1) is 6.10 Å². The lowest BCUT2D eigenvalue weighted by atomic mass is 9.89. The summed E-state index contributed by atoms with van der Waals surface area (Å²) in [6.07, 6.45) is 4.01. The Morgan fingerprint density at radius 3 is 2.12 bits per heavy atom. The lowest BCUT2D eigenvalue weighted by Gasteiger charge is -2.20. The maximum Gasteiger partial charge on any atom is 0.0548 e. The zero-order valence-electron chi connectivity index (χ0n) is 11.4. The largest absolute Gasteiger partial charge is 0.393 e.